The fourth-order valence-corrected chi connectivity index (χ4v) is 2.27. The molecule has 0 N–H and O–H groups in total. The second-order valence-electron chi connectivity index (χ2n) is 4.48. The fourth-order valence-electron chi connectivity index (χ4n) is 1.96. The van der Waals surface area contributed by atoms with Gasteiger partial charge in [0.2, 0.25) is 0 Å². The highest BCUT2D eigenvalue weighted by atomic mass is 35.5. The summed E-state index contributed by atoms with van der Waals surface area (Å²) >= 11 is 6.36. The molecule has 18 heavy (non-hydrogen) atoms. The van der Waals surface area contributed by atoms with Crippen molar-refractivity contribution in [3.63, 3.8) is 0 Å². The summed E-state index contributed by atoms with van der Waals surface area (Å²) in [6.45, 7) is 4.04. The van der Waals surface area contributed by atoms with Crippen LogP contribution in [-0.2, 0) is 6.42 Å². The van der Waals surface area contributed by atoms with Gasteiger partial charge in [0.05, 0.1) is 5.38 Å². The third kappa shape index (κ3) is 2.73. The maximum atomic E-state index is 13.8. The molecule has 1 unspecified atom stereocenters. The van der Waals surface area contributed by atoms with Crippen molar-refractivity contribution in [3.8, 4) is 0 Å². The van der Waals surface area contributed by atoms with E-state index in [1.165, 1.54) is 11.6 Å². The molecule has 0 saturated carbocycles. The largest absolute Gasteiger partial charge is 0.207 e. The molecule has 0 fully saturated rings. The van der Waals surface area contributed by atoms with E-state index in [-0.39, 0.29) is 5.82 Å². The van der Waals surface area contributed by atoms with Crippen LogP contribution in [0.15, 0.2) is 42.5 Å². The van der Waals surface area contributed by atoms with Gasteiger partial charge in [-0.15, -0.1) is 11.6 Å². The lowest BCUT2D eigenvalue weighted by Crippen LogP contribution is -1.98. The van der Waals surface area contributed by atoms with E-state index in [4.69, 9.17) is 11.6 Å². The number of aryl methyl sites for hydroxylation is 2. The summed E-state index contributed by atoms with van der Waals surface area (Å²) in [6.07, 6.45) is 0.992. The lowest BCUT2D eigenvalue weighted by atomic mass is 10.0. The Bertz CT molecular complexity index is 531. The first-order chi connectivity index (χ1) is 8.61. The van der Waals surface area contributed by atoms with Crippen LogP contribution >= 0.6 is 11.6 Å². The second-order valence-corrected chi connectivity index (χ2v) is 4.92. The minimum absolute atomic E-state index is 0.250. The average Bonchev–Trinajstić information content (AvgIpc) is 2.41. The van der Waals surface area contributed by atoms with Crippen molar-refractivity contribution in [1.29, 1.82) is 0 Å². The standard InChI is InChI=1S/C16H16ClF/c1-3-12-5-7-13(8-6-12)16(17)14-10-11(2)4-9-15(14)18/h4-10,16H,3H2,1-2H3. The Morgan fingerprint density at radius 1 is 1.11 bits per heavy atom. The van der Waals surface area contributed by atoms with Crippen molar-refractivity contribution in [2.75, 3.05) is 0 Å². The Kier molecular flexibility index (Phi) is 4.03. The molecule has 0 amide bonds. The maximum Gasteiger partial charge on any atom is 0.128 e. The number of halogens is 2. The normalized spacial score (nSPS) is 12.4. The van der Waals surface area contributed by atoms with Crippen molar-refractivity contribution in [3.05, 3.63) is 70.5 Å². The molecule has 0 aromatic heterocycles. The van der Waals surface area contributed by atoms with Gasteiger partial charge in [-0.3, -0.25) is 0 Å². The van der Waals surface area contributed by atoms with E-state index in [9.17, 15) is 4.39 Å². The molecule has 0 radical (unpaired) electrons. The predicted molar refractivity (Wildman–Crippen MR) is 74.7 cm³/mol. The molecule has 0 saturated heterocycles. The second kappa shape index (κ2) is 5.53. The van der Waals surface area contributed by atoms with E-state index in [0.717, 1.165) is 17.5 Å². The van der Waals surface area contributed by atoms with Gasteiger partial charge in [0.1, 0.15) is 5.82 Å². The lowest BCUT2D eigenvalue weighted by Gasteiger charge is -2.12. The Labute approximate surface area is 112 Å². The first-order valence-corrected chi connectivity index (χ1v) is 6.54. The zero-order chi connectivity index (χ0) is 13.1. The highest BCUT2D eigenvalue weighted by Crippen LogP contribution is 2.31. The summed E-state index contributed by atoms with van der Waals surface area (Å²) in [5.41, 5.74) is 3.74. The summed E-state index contributed by atoms with van der Waals surface area (Å²) in [7, 11) is 0. The first-order valence-electron chi connectivity index (χ1n) is 6.10. The molecule has 0 heterocycles. The van der Waals surface area contributed by atoms with Gasteiger partial charge in [0, 0.05) is 5.56 Å². The number of rotatable bonds is 3. The molecule has 2 heteroatoms. The summed E-state index contributed by atoms with van der Waals surface area (Å²) in [5, 5.41) is -0.434. The fraction of sp³-hybridized carbons (Fsp3) is 0.250. The van der Waals surface area contributed by atoms with Gasteiger partial charge >= 0.3 is 0 Å². The third-order valence-corrected chi connectivity index (χ3v) is 3.59. The van der Waals surface area contributed by atoms with E-state index in [2.05, 4.69) is 6.92 Å². The first kappa shape index (κ1) is 13.1. The summed E-state index contributed by atoms with van der Waals surface area (Å²) in [4.78, 5) is 0. The lowest BCUT2D eigenvalue weighted by molar-refractivity contribution is 0.612. The molecule has 0 aliphatic rings. The Morgan fingerprint density at radius 2 is 1.78 bits per heavy atom. The zero-order valence-corrected chi connectivity index (χ0v) is 11.3. The van der Waals surface area contributed by atoms with Crippen LogP contribution in [0, 0.1) is 12.7 Å². The molecule has 2 rings (SSSR count). The van der Waals surface area contributed by atoms with Gasteiger partial charge in [0.25, 0.3) is 0 Å². The number of benzene rings is 2. The maximum absolute atomic E-state index is 13.8. The van der Waals surface area contributed by atoms with Gasteiger partial charge in [0.15, 0.2) is 0 Å². The van der Waals surface area contributed by atoms with Gasteiger partial charge in [-0.1, -0.05) is 48.9 Å². The third-order valence-electron chi connectivity index (χ3n) is 3.11. The minimum Gasteiger partial charge on any atom is -0.207 e. The van der Waals surface area contributed by atoms with Crippen molar-refractivity contribution < 1.29 is 4.39 Å². The quantitative estimate of drug-likeness (QED) is 0.681. The smallest absolute Gasteiger partial charge is 0.128 e. The monoisotopic (exact) mass is 262 g/mol. The Balaban J connectivity index is 2.34. The average molecular weight is 263 g/mol. The molecule has 0 bridgehead atoms. The Morgan fingerprint density at radius 3 is 2.39 bits per heavy atom. The van der Waals surface area contributed by atoms with Crippen molar-refractivity contribution in [2.24, 2.45) is 0 Å². The topological polar surface area (TPSA) is 0 Å². The molecule has 0 nitrogen and oxygen atoms in total. The number of alkyl halides is 1. The van der Waals surface area contributed by atoms with Crippen LogP contribution in [0.2, 0.25) is 0 Å². The van der Waals surface area contributed by atoms with Crippen LogP contribution in [0.25, 0.3) is 0 Å². The van der Waals surface area contributed by atoms with Gasteiger partial charge in [-0.05, 0) is 30.5 Å². The van der Waals surface area contributed by atoms with E-state index in [0.29, 0.717) is 5.56 Å². The van der Waals surface area contributed by atoms with Crippen molar-refractivity contribution >= 4 is 11.6 Å². The Hall–Kier alpha value is -1.34. The highest BCUT2D eigenvalue weighted by molar-refractivity contribution is 6.22. The van der Waals surface area contributed by atoms with Crippen LogP contribution < -0.4 is 0 Å². The van der Waals surface area contributed by atoms with E-state index in [1.54, 1.807) is 12.1 Å². The molecule has 0 aliphatic carbocycles. The number of hydrogen-bond acceptors (Lipinski definition) is 0. The van der Waals surface area contributed by atoms with Crippen molar-refractivity contribution in [2.45, 2.75) is 25.6 Å². The molecular weight excluding hydrogens is 247 g/mol. The molecule has 1 atom stereocenters. The molecule has 2 aromatic carbocycles. The van der Waals surface area contributed by atoms with E-state index in [1.807, 2.05) is 31.2 Å². The molecule has 94 valence electrons. The van der Waals surface area contributed by atoms with Gasteiger partial charge < -0.3 is 0 Å². The molecular formula is C16H16ClF. The predicted octanol–water partition coefficient (Wildman–Crippen LogP) is 5.02. The highest BCUT2D eigenvalue weighted by Gasteiger charge is 2.15. The SMILES string of the molecule is CCc1ccc(C(Cl)c2cc(C)ccc2F)cc1. The van der Waals surface area contributed by atoms with Crippen LogP contribution in [0.4, 0.5) is 4.39 Å². The summed E-state index contributed by atoms with van der Waals surface area (Å²) in [5.74, 6) is -0.250. The minimum atomic E-state index is -0.434. The van der Waals surface area contributed by atoms with Crippen LogP contribution in [0.3, 0.4) is 0 Å². The summed E-state index contributed by atoms with van der Waals surface area (Å²) in [6, 6.07) is 13.1. The van der Waals surface area contributed by atoms with E-state index >= 15 is 0 Å². The number of hydrogen-bond donors (Lipinski definition) is 0. The van der Waals surface area contributed by atoms with E-state index < -0.39 is 5.38 Å². The summed E-state index contributed by atoms with van der Waals surface area (Å²) < 4.78 is 13.8. The zero-order valence-electron chi connectivity index (χ0n) is 10.6. The van der Waals surface area contributed by atoms with Crippen LogP contribution in [-0.4, -0.2) is 0 Å². The molecule has 0 aliphatic heterocycles. The van der Waals surface area contributed by atoms with Crippen LogP contribution in [0.1, 0.15) is 34.6 Å². The van der Waals surface area contributed by atoms with Gasteiger partial charge in [-0.25, -0.2) is 4.39 Å². The van der Waals surface area contributed by atoms with Gasteiger partial charge in [-0.2, -0.15) is 0 Å². The van der Waals surface area contributed by atoms with Crippen LogP contribution in [0.5, 0.6) is 0 Å². The molecule has 2 aromatic rings. The van der Waals surface area contributed by atoms with Crippen molar-refractivity contribution in [1.82, 2.24) is 0 Å². The molecule has 0 spiro atoms.